The molecule has 1 aliphatic rings. The summed E-state index contributed by atoms with van der Waals surface area (Å²) in [4.78, 5) is 4.88. The van der Waals surface area contributed by atoms with E-state index in [1.54, 1.807) is 0 Å². The van der Waals surface area contributed by atoms with Crippen LogP contribution in [0, 0.1) is 0 Å². The van der Waals surface area contributed by atoms with E-state index in [9.17, 15) is 0 Å². The highest BCUT2D eigenvalue weighted by Crippen LogP contribution is 2.16. The van der Waals surface area contributed by atoms with Gasteiger partial charge in [0.1, 0.15) is 0 Å². The number of hydrogen-bond acceptors (Lipinski definition) is 5. The fourth-order valence-corrected chi connectivity index (χ4v) is 2.82. The molecule has 0 radical (unpaired) electrons. The van der Waals surface area contributed by atoms with Gasteiger partial charge >= 0.3 is 0 Å². The highest BCUT2D eigenvalue weighted by atomic mass is 15.5. The van der Waals surface area contributed by atoms with E-state index in [2.05, 4.69) is 62.6 Å². The third kappa shape index (κ3) is 3.62. The van der Waals surface area contributed by atoms with Gasteiger partial charge in [0.15, 0.2) is 5.82 Å². The quantitative estimate of drug-likeness (QED) is 0.814. The van der Waals surface area contributed by atoms with Crippen LogP contribution in [0.15, 0.2) is 30.3 Å². The highest BCUT2D eigenvalue weighted by molar-refractivity contribution is 5.46. The Morgan fingerprint density at radius 2 is 1.82 bits per heavy atom. The van der Waals surface area contributed by atoms with Crippen LogP contribution in [0.3, 0.4) is 0 Å². The molecule has 2 heterocycles. The molecule has 1 aromatic heterocycles. The van der Waals surface area contributed by atoms with Gasteiger partial charge in [-0.15, -0.1) is 5.10 Å². The molecule has 22 heavy (non-hydrogen) atoms. The topological polar surface area (TPSA) is 50.1 Å². The standard InChI is InChI=1S/C16H24N6/c1-2-3-9-22-16(17-18-19-22)14-20-10-12-21(13-11-20)15-7-5-4-6-8-15/h4-8H,2-3,9-14H2,1H3. The zero-order chi connectivity index (χ0) is 15.2. The fraction of sp³-hybridized carbons (Fsp3) is 0.562. The van der Waals surface area contributed by atoms with E-state index < -0.39 is 0 Å². The van der Waals surface area contributed by atoms with Gasteiger partial charge in [-0.25, -0.2) is 4.68 Å². The summed E-state index contributed by atoms with van der Waals surface area (Å²) in [6.07, 6.45) is 2.29. The zero-order valence-electron chi connectivity index (χ0n) is 13.2. The number of anilines is 1. The third-order valence-electron chi connectivity index (χ3n) is 4.19. The summed E-state index contributed by atoms with van der Waals surface area (Å²) in [5, 5.41) is 12.1. The van der Waals surface area contributed by atoms with Crippen LogP contribution >= 0.6 is 0 Å². The number of unbranched alkanes of at least 4 members (excludes halogenated alkanes) is 1. The number of aromatic nitrogens is 4. The number of tetrazole rings is 1. The van der Waals surface area contributed by atoms with Gasteiger partial charge in [-0.2, -0.15) is 0 Å². The number of rotatable bonds is 6. The van der Waals surface area contributed by atoms with E-state index in [4.69, 9.17) is 0 Å². The summed E-state index contributed by atoms with van der Waals surface area (Å²) in [6.45, 7) is 8.17. The number of hydrogen-bond donors (Lipinski definition) is 0. The van der Waals surface area contributed by atoms with E-state index in [1.165, 1.54) is 5.69 Å². The van der Waals surface area contributed by atoms with Crippen molar-refractivity contribution in [2.75, 3.05) is 31.1 Å². The zero-order valence-corrected chi connectivity index (χ0v) is 13.2. The van der Waals surface area contributed by atoms with Crippen molar-refractivity contribution in [2.24, 2.45) is 0 Å². The molecule has 0 spiro atoms. The average Bonchev–Trinajstić information content (AvgIpc) is 3.01. The van der Waals surface area contributed by atoms with Crippen LogP contribution in [0.1, 0.15) is 25.6 Å². The molecule has 0 saturated carbocycles. The molecular weight excluding hydrogens is 276 g/mol. The Bertz CT molecular complexity index is 559. The Hall–Kier alpha value is -1.95. The average molecular weight is 300 g/mol. The lowest BCUT2D eigenvalue weighted by atomic mass is 10.2. The Morgan fingerprint density at radius 1 is 1.05 bits per heavy atom. The van der Waals surface area contributed by atoms with Gasteiger partial charge in [-0.3, -0.25) is 4.90 Å². The second-order valence-electron chi connectivity index (χ2n) is 5.77. The monoisotopic (exact) mass is 300 g/mol. The lowest BCUT2D eigenvalue weighted by molar-refractivity contribution is 0.239. The molecule has 2 aromatic rings. The number of piperazine rings is 1. The van der Waals surface area contributed by atoms with Gasteiger partial charge in [-0.1, -0.05) is 31.5 Å². The molecule has 6 nitrogen and oxygen atoms in total. The number of para-hydroxylation sites is 1. The van der Waals surface area contributed by atoms with Crippen LogP contribution in [-0.2, 0) is 13.1 Å². The molecule has 0 bridgehead atoms. The second kappa shape index (κ2) is 7.35. The Labute approximate surface area is 131 Å². The summed E-state index contributed by atoms with van der Waals surface area (Å²) in [6, 6.07) is 10.6. The van der Waals surface area contributed by atoms with Crippen molar-refractivity contribution in [1.29, 1.82) is 0 Å². The minimum atomic E-state index is 0.847. The summed E-state index contributed by atoms with van der Waals surface area (Å²) in [7, 11) is 0. The van der Waals surface area contributed by atoms with Gasteiger partial charge in [0, 0.05) is 38.4 Å². The predicted octanol–water partition coefficient (Wildman–Crippen LogP) is 1.80. The molecule has 1 saturated heterocycles. The van der Waals surface area contributed by atoms with Gasteiger partial charge < -0.3 is 4.90 Å². The Kier molecular flexibility index (Phi) is 5.00. The van der Waals surface area contributed by atoms with Crippen molar-refractivity contribution < 1.29 is 0 Å². The minimum Gasteiger partial charge on any atom is -0.369 e. The molecular formula is C16H24N6. The fourth-order valence-electron chi connectivity index (χ4n) is 2.82. The van der Waals surface area contributed by atoms with Gasteiger partial charge in [0.25, 0.3) is 0 Å². The van der Waals surface area contributed by atoms with Gasteiger partial charge in [-0.05, 0) is 29.0 Å². The van der Waals surface area contributed by atoms with Crippen LogP contribution < -0.4 is 4.90 Å². The highest BCUT2D eigenvalue weighted by Gasteiger charge is 2.19. The Morgan fingerprint density at radius 3 is 2.55 bits per heavy atom. The first-order valence-corrected chi connectivity index (χ1v) is 8.14. The molecule has 1 aromatic carbocycles. The van der Waals surface area contributed by atoms with Crippen molar-refractivity contribution in [1.82, 2.24) is 25.1 Å². The maximum absolute atomic E-state index is 4.19. The van der Waals surface area contributed by atoms with Crippen LogP contribution in [0.25, 0.3) is 0 Å². The van der Waals surface area contributed by atoms with Crippen molar-refractivity contribution in [3.8, 4) is 0 Å². The lowest BCUT2D eigenvalue weighted by Crippen LogP contribution is -2.46. The molecule has 0 amide bonds. The van der Waals surface area contributed by atoms with Crippen molar-refractivity contribution in [3.63, 3.8) is 0 Å². The smallest absolute Gasteiger partial charge is 0.165 e. The first-order chi connectivity index (χ1) is 10.9. The molecule has 0 atom stereocenters. The largest absolute Gasteiger partial charge is 0.369 e. The van der Waals surface area contributed by atoms with E-state index >= 15 is 0 Å². The van der Waals surface area contributed by atoms with E-state index in [1.807, 2.05) is 4.68 Å². The third-order valence-corrected chi connectivity index (χ3v) is 4.19. The van der Waals surface area contributed by atoms with Crippen LogP contribution in [0.4, 0.5) is 5.69 Å². The van der Waals surface area contributed by atoms with E-state index in [-0.39, 0.29) is 0 Å². The summed E-state index contributed by atoms with van der Waals surface area (Å²) in [5.74, 6) is 0.988. The van der Waals surface area contributed by atoms with Crippen LogP contribution in [0.5, 0.6) is 0 Å². The molecule has 0 N–H and O–H groups in total. The Balaban J connectivity index is 1.53. The molecule has 0 aliphatic carbocycles. The molecule has 1 fully saturated rings. The number of benzene rings is 1. The van der Waals surface area contributed by atoms with E-state index in [0.717, 1.165) is 57.9 Å². The maximum Gasteiger partial charge on any atom is 0.165 e. The normalized spacial score (nSPS) is 16.1. The SMILES string of the molecule is CCCCn1nnnc1CN1CCN(c2ccccc2)CC1. The van der Waals surface area contributed by atoms with Gasteiger partial charge in [0.2, 0.25) is 0 Å². The second-order valence-corrected chi connectivity index (χ2v) is 5.77. The molecule has 6 heteroatoms. The van der Waals surface area contributed by atoms with Crippen molar-refractivity contribution in [2.45, 2.75) is 32.9 Å². The molecule has 3 rings (SSSR count). The van der Waals surface area contributed by atoms with Crippen LogP contribution in [-0.4, -0.2) is 51.3 Å². The molecule has 1 aliphatic heterocycles. The number of nitrogens with zero attached hydrogens (tertiary/aromatic N) is 6. The predicted molar refractivity (Wildman–Crippen MR) is 86.7 cm³/mol. The first kappa shape index (κ1) is 15.0. The summed E-state index contributed by atoms with van der Waals surface area (Å²) >= 11 is 0. The van der Waals surface area contributed by atoms with Gasteiger partial charge in [0.05, 0.1) is 6.54 Å². The maximum atomic E-state index is 4.19. The summed E-state index contributed by atoms with van der Waals surface area (Å²) < 4.78 is 1.95. The van der Waals surface area contributed by atoms with Crippen LogP contribution in [0.2, 0.25) is 0 Å². The first-order valence-electron chi connectivity index (χ1n) is 8.14. The molecule has 0 unspecified atom stereocenters. The summed E-state index contributed by atoms with van der Waals surface area (Å²) in [5.41, 5.74) is 1.31. The van der Waals surface area contributed by atoms with Crippen molar-refractivity contribution >= 4 is 5.69 Å². The lowest BCUT2D eigenvalue weighted by Gasteiger charge is -2.35. The van der Waals surface area contributed by atoms with Crippen molar-refractivity contribution in [3.05, 3.63) is 36.2 Å². The number of aryl methyl sites for hydroxylation is 1. The minimum absolute atomic E-state index is 0.847. The molecule has 118 valence electrons. The van der Waals surface area contributed by atoms with E-state index in [0.29, 0.717) is 0 Å².